The minimum atomic E-state index is -0.295. The van der Waals surface area contributed by atoms with Crippen LogP contribution in [0.1, 0.15) is 34.7 Å². The average molecular weight is 376 g/mol. The number of thiophene rings is 1. The fraction of sp³-hybridized carbons (Fsp3) is 0.190. The first-order valence-electron chi connectivity index (χ1n) is 8.92. The molecule has 5 nitrogen and oxygen atoms in total. The molecule has 0 bridgehead atoms. The first-order valence-corrected chi connectivity index (χ1v) is 9.79. The van der Waals surface area contributed by atoms with Gasteiger partial charge in [0.2, 0.25) is 13.0 Å². The van der Waals surface area contributed by atoms with Crippen molar-refractivity contribution in [1.82, 2.24) is 5.01 Å². The van der Waals surface area contributed by atoms with Crippen molar-refractivity contribution in [2.24, 2.45) is 5.10 Å². The lowest BCUT2D eigenvalue weighted by Gasteiger charge is -2.38. The molecule has 27 heavy (non-hydrogen) atoms. The molecule has 2 unspecified atom stereocenters. The zero-order chi connectivity index (χ0) is 17.8. The predicted molar refractivity (Wildman–Crippen MR) is 102 cm³/mol. The summed E-state index contributed by atoms with van der Waals surface area (Å²) in [4.78, 5) is 1.21. The summed E-state index contributed by atoms with van der Waals surface area (Å²) in [7, 11) is 0. The molecule has 0 amide bonds. The van der Waals surface area contributed by atoms with Gasteiger partial charge in [0.25, 0.3) is 0 Å². The number of rotatable bonds is 2. The molecule has 0 saturated heterocycles. The average Bonchev–Trinajstić information content (AvgIpc) is 3.46. The maximum absolute atomic E-state index is 6.38. The van der Waals surface area contributed by atoms with Crippen molar-refractivity contribution in [3.8, 4) is 17.2 Å². The number of benzene rings is 2. The summed E-state index contributed by atoms with van der Waals surface area (Å²) in [5, 5.41) is 9.15. The van der Waals surface area contributed by atoms with E-state index in [-0.39, 0.29) is 19.1 Å². The zero-order valence-corrected chi connectivity index (χ0v) is 15.2. The van der Waals surface area contributed by atoms with Crippen LogP contribution >= 0.6 is 11.3 Å². The van der Waals surface area contributed by atoms with Crippen LogP contribution in [0, 0.1) is 0 Å². The van der Waals surface area contributed by atoms with E-state index in [4.69, 9.17) is 19.3 Å². The van der Waals surface area contributed by atoms with E-state index in [1.807, 2.05) is 30.3 Å². The first-order chi connectivity index (χ1) is 13.4. The van der Waals surface area contributed by atoms with Crippen LogP contribution in [-0.2, 0) is 0 Å². The first kappa shape index (κ1) is 15.1. The summed E-state index contributed by atoms with van der Waals surface area (Å²) in [5.41, 5.74) is 3.31. The predicted octanol–water partition coefficient (Wildman–Crippen LogP) is 4.72. The molecule has 0 N–H and O–H groups in total. The zero-order valence-electron chi connectivity index (χ0n) is 14.4. The summed E-state index contributed by atoms with van der Waals surface area (Å²) in [6.45, 7) is 0.264. The molecule has 4 heterocycles. The van der Waals surface area contributed by atoms with Crippen molar-refractivity contribution in [2.75, 3.05) is 6.79 Å². The summed E-state index contributed by atoms with van der Waals surface area (Å²) < 4.78 is 17.4. The molecule has 2 aromatic carbocycles. The normalized spacial score (nSPS) is 22.1. The SMILES string of the molecule is c1csc(C2=NN3C(C2)c2ccccc2OC3c2ccc3c(c2)OCO3)c1. The minimum Gasteiger partial charge on any atom is -0.464 e. The van der Waals surface area contributed by atoms with E-state index in [9.17, 15) is 0 Å². The number of hydrazone groups is 1. The highest BCUT2D eigenvalue weighted by Gasteiger charge is 2.41. The summed E-state index contributed by atoms with van der Waals surface area (Å²) >= 11 is 1.73. The van der Waals surface area contributed by atoms with E-state index in [2.05, 4.69) is 34.7 Å². The highest BCUT2D eigenvalue weighted by molar-refractivity contribution is 7.12. The quantitative estimate of drug-likeness (QED) is 0.649. The van der Waals surface area contributed by atoms with Crippen LogP contribution in [-0.4, -0.2) is 17.5 Å². The lowest BCUT2D eigenvalue weighted by molar-refractivity contribution is -0.0191. The Balaban J connectivity index is 1.45. The lowest BCUT2D eigenvalue weighted by atomic mass is 9.97. The van der Waals surface area contributed by atoms with Crippen LogP contribution in [0.25, 0.3) is 0 Å². The lowest BCUT2D eigenvalue weighted by Crippen LogP contribution is -2.33. The van der Waals surface area contributed by atoms with E-state index in [1.54, 1.807) is 11.3 Å². The van der Waals surface area contributed by atoms with Crippen molar-refractivity contribution in [1.29, 1.82) is 0 Å². The molecule has 3 aliphatic heterocycles. The summed E-state index contributed by atoms with van der Waals surface area (Å²) in [6, 6.07) is 18.6. The van der Waals surface area contributed by atoms with Gasteiger partial charge in [-0.25, -0.2) is 5.01 Å². The van der Waals surface area contributed by atoms with Gasteiger partial charge in [-0.15, -0.1) is 11.3 Å². The molecule has 134 valence electrons. The molecule has 6 rings (SSSR count). The van der Waals surface area contributed by atoms with Gasteiger partial charge in [-0.05, 0) is 35.7 Å². The van der Waals surface area contributed by atoms with Crippen LogP contribution in [0.15, 0.2) is 65.1 Å². The third kappa shape index (κ3) is 2.33. The number of hydrogen-bond donors (Lipinski definition) is 0. The Hall–Kier alpha value is -2.99. The Labute approximate surface area is 160 Å². The maximum Gasteiger partial charge on any atom is 0.231 e. The summed E-state index contributed by atoms with van der Waals surface area (Å²) in [5.74, 6) is 2.45. The Morgan fingerprint density at radius 3 is 2.81 bits per heavy atom. The molecular weight excluding hydrogens is 360 g/mol. The molecule has 0 aliphatic carbocycles. The smallest absolute Gasteiger partial charge is 0.231 e. The summed E-state index contributed by atoms with van der Waals surface area (Å²) in [6.07, 6.45) is 0.582. The van der Waals surface area contributed by atoms with Crippen molar-refractivity contribution in [3.63, 3.8) is 0 Å². The van der Waals surface area contributed by atoms with Gasteiger partial charge in [-0.3, -0.25) is 0 Å². The molecule has 0 spiro atoms. The van der Waals surface area contributed by atoms with Gasteiger partial charge >= 0.3 is 0 Å². The van der Waals surface area contributed by atoms with Gasteiger partial charge in [0, 0.05) is 17.5 Å². The van der Waals surface area contributed by atoms with Gasteiger partial charge in [0.15, 0.2) is 11.5 Å². The fourth-order valence-corrected chi connectivity index (χ4v) is 4.63. The molecule has 2 atom stereocenters. The molecule has 0 fully saturated rings. The second-order valence-electron chi connectivity index (χ2n) is 6.74. The Morgan fingerprint density at radius 1 is 0.963 bits per heavy atom. The number of ether oxygens (including phenoxy) is 3. The highest BCUT2D eigenvalue weighted by atomic mass is 32.1. The van der Waals surface area contributed by atoms with E-state index in [0.29, 0.717) is 0 Å². The van der Waals surface area contributed by atoms with Gasteiger partial charge in [-0.2, -0.15) is 5.10 Å². The van der Waals surface area contributed by atoms with Gasteiger partial charge in [-0.1, -0.05) is 24.3 Å². The highest BCUT2D eigenvalue weighted by Crippen LogP contribution is 2.48. The minimum absolute atomic E-state index is 0.169. The largest absolute Gasteiger partial charge is 0.464 e. The number of fused-ring (bicyclic) bond motifs is 4. The van der Waals surface area contributed by atoms with Gasteiger partial charge < -0.3 is 14.2 Å². The Bertz CT molecular complexity index is 1050. The fourth-order valence-electron chi connectivity index (χ4n) is 3.91. The molecule has 3 aliphatic rings. The van der Waals surface area contributed by atoms with Crippen LogP contribution < -0.4 is 14.2 Å². The maximum atomic E-state index is 6.38. The van der Waals surface area contributed by atoms with E-state index < -0.39 is 0 Å². The van der Waals surface area contributed by atoms with Gasteiger partial charge in [0.05, 0.1) is 16.6 Å². The van der Waals surface area contributed by atoms with E-state index in [0.717, 1.165) is 34.9 Å². The van der Waals surface area contributed by atoms with Crippen LogP contribution in [0.4, 0.5) is 0 Å². The van der Waals surface area contributed by atoms with Crippen molar-refractivity contribution >= 4 is 17.0 Å². The molecular formula is C21H16N2O3S. The number of hydrogen-bond acceptors (Lipinski definition) is 6. The van der Waals surface area contributed by atoms with Crippen LogP contribution in [0.2, 0.25) is 0 Å². The van der Waals surface area contributed by atoms with Crippen LogP contribution in [0.3, 0.4) is 0 Å². The second-order valence-corrected chi connectivity index (χ2v) is 7.69. The Morgan fingerprint density at radius 2 is 1.89 bits per heavy atom. The number of para-hydroxylation sites is 1. The Kier molecular flexibility index (Phi) is 3.22. The monoisotopic (exact) mass is 376 g/mol. The van der Waals surface area contributed by atoms with Crippen molar-refractivity contribution in [3.05, 3.63) is 76.0 Å². The third-order valence-corrected chi connectivity index (χ3v) is 6.11. The second kappa shape index (κ2) is 5.76. The standard InChI is InChI=1S/C21H16N2O3S/c1-2-5-17-14(4-1)16-11-15(20-6-3-9-27-20)22-23(16)21(26-17)13-7-8-18-19(10-13)25-12-24-18/h1-10,16,21H,11-12H2. The van der Waals surface area contributed by atoms with E-state index >= 15 is 0 Å². The molecule has 6 heteroatoms. The van der Waals surface area contributed by atoms with Crippen LogP contribution in [0.5, 0.6) is 17.2 Å². The van der Waals surface area contributed by atoms with E-state index in [1.165, 1.54) is 10.4 Å². The van der Waals surface area contributed by atoms with Gasteiger partial charge in [0.1, 0.15) is 5.75 Å². The molecule has 0 saturated carbocycles. The molecule has 0 radical (unpaired) electrons. The molecule has 3 aromatic rings. The van der Waals surface area contributed by atoms with Crippen molar-refractivity contribution in [2.45, 2.75) is 18.7 Å². The topological polar surface area (TPSA) is 43.3 Å². The molecule has 1 aromatic heterocycles. The van der Waals surface area contributed by atoms with Crippen molar-refractivity contribution < 1.29 is 14.2 Å². The number of nitrogens with zero attached hydrogens (tertiary/aromatic N) is 2. The third-order valence-electron chi connectivity index (χ3n) is 5.19.